The molecular weight excluding hydrogens is 432 g/mol. The molecule has 3 rings (SSSR count). The van der Waals surface area contributed by atoms with Crippen LogP contribution in [0.25, 0.3) is 5.69 Å². The van der Waals surface area contributed by atoms with Gasteiger partial charge in [0.25, 0.3) is 5.91 Å². The summed E-state index contributed by atoms with van der Waals surface area (Å²) >= 11 is 3.45. The first-order valence-corrected chi connectivity index (χ1v) is 9.80. The van der Waals surface area contributed by atoms with Crippen molar-refractivity contribution in [3.05, 3.63) is 81.6 Å². The first-order chi connectivity index (χ1) is 13.8. The molecule has 0 fully saturated rings. The molecule has 0 unspecified atom stereocenters. The van der Waals surface area contributed by atoms with Crippen molar-refractivity contribution >= 4 is 39.6 Å². The zero-order chi connectivity index (χ0) is 21.0. The van der Waals surface area contributed by atoms with Crippen LogP contribution >= 0.6 is 15.9 Å². The lowest BCUT2D eigenvalue weighted by molar-refractivity contribution is -0.114. The Kier molecular flexibility index (Phi) is 6.29. The predicted molar refractivity (Wildman–Crippen MR) is 119 cm³/mol. The van der Waals surface area contributed by atoms with E-state index in [-0.39, 0.29) is 11.8 Å². The standard InChI is InChI=1S/C22H21BrN4O2/c1-14-11-18(15(2)27(14)21-9-7-19(23)8-10-21)13-24-26-22(29)17-5-4-6-20(12-17)25-16(3)28/h4-13H,1-3H3,(H,25,28)(H,26,29). The molecule has 1 aromatic heterocycles. The third-order valence-corrected chi connectivity index (χ3v) is 4.90. The fourth-order valence-electron chi connectivity index (χ4n) is 3.07. The molecule has 29 heavy (non-hydrogen) atoms. The van der Waals surface area contributed by atoms with Gasteiger partial charge in [0.1, 0.15) is 0 Å². The molecule has 148 valence electrons. The number of nitrogens with zero attached hydrogens (tertiary/aromatic N) is 2. The second kappa shape index (κ2) is 8.87. The van der Waals surface area contributed by atoms with Gasteiger partial charge >= 0.3 is 0 Å². The van der Waals surface area contributed by atoms with Crippen LogP contribution in [0.15, 0.2) is 64.2 Å². The highest BCUT2D eigenvalue weighted by Crippen LogP contribution is 2.21. The second-order valence-corrected chi connectivity index (χ2v) is 7.52. The normalized spacial score (nSPS) is 10.9. The number of aromatic nitrogens is 1. The lowest BCUT2D eigenvalue weighted by Crippen LogP contribution is -2.18. The van der Waals surface area contributed by atoms with Crippen LogP contribution in [0.1, 0.15) is 34.2 Å². The number of benzene rings is 2. The van der Waals surface area contributed by atoms with Crippen molar-refractivity contribution in [2.75, 3.05) is 5.32 Å². The minimum atomic E-state index is -0.352. The van der Waals surface area contributed by atoms with E-state index in [1.807, 2.05) is 44.2 Å². The molecule has 0 atom stereocenters. The number of nitrogens with one attached hydrogen (secondary N) is 2. The Morgan fingerprint density at radius 3 is 2.48 bits per heavy atom. The quantitative estimate of drug-likeness (QED) is 0.439. The van der Waals surface area contributed by atoms with E-state index in [1.165, 1.54) is 6.92 Å². The molecule has 0 radical (unpaired) electrons. The molecule has 0 saturated heterocycles. The SMILES string of the molecule is CC(=O)Nc1cccc(C(=O)NN=Cc2cc(C)n(-c3ccc(Br)cc3)c2C)c1. The number of hydrogen-bond donors (Lipinski definition) is 2. The van der Waals surface area contributed by atoms with Gasteiger partial charge in [-0.25, -0.2) is 5.43 Å². The van der Waals surface area contributed by atoms with E-state index in [9.17, 15) is 9.59 Å². The van der Waals surface area contributed by atoms with Gasteiger partial charge in [0, 0.05) is 45.3 Å². The van der Waals surface area contributed by atoms with Crippen molar-refractivity contribution in [2.24, 2.45) is 5.10 Å². The summed E-state index contributed by atoms with van der Waals surface area (Å²) in [6, 6.07) is 16.8. The second-order valence-electron chi connectivity index (χ2n) is 6.60. The van der Waals surface area contributed by atoms with Gasteiger partial charge in [-0.3, -0.25) is 9.59 Å². The van der Waals surface area contributed by atoms with Crippen molar-refractivity contribution in [3.8, 4) is 5.69 Å². The summed E-state index contributed by atoms with van der Waals surface area (Å²) in [5.41, 5.74) is 7.57. The van der Waals surface area contributed by atoms with Crippen molar-refractivity contribution in [1.29, 1.82) is 0 Å². The monoisotopic (exact) mass is 452 g/mol. The summed E-state index contributed by atoms with van der Waals surface area (Å²) in [7, 11) is 0. The van der Waals surface area contributed by atoms with E-state index in [0.29, 0.717) is 11.3 Å². The Morgan fingerprint density at radius 2 is 1.79 bits per heavy atom. The number of anilines is 1. The van der Waals surface area contributed by atoms with Crippen LogP contribution in [0.2, 0.25) is 0 Å². The molecule has 0 aliphatic rings. The maximum absolute atomic E-state index is 12.3. The van der Waals surface area contributed by atoms with E-state index in [4.69, 9.17) is 0 Å². The maximum atomic E-state index is 12.3. The van der Waals surface area contributed by atoms with Crippen LogP contribution < -0.4 is 10.7 Å². The van der Waals surface area contributed by atoms with E-state index >= 15 is 0 Å². The predicted octanol–water partition coefficient (Wildman–Crippen LogP) is 4.58. The summed E-state index contributed by atoms with van der Waals surface area (Å²) in [6.45, 7) is 5.45. The average Bonchev–Trinajstić information content (AvgIpc) is 2.96. The molecule has 3 aromatic rings. The largest absolute Gasteiger partial charge is 0.326 e. The van der Waals surface area contributed by atoms with Crippen molar-refractivity contribution in [1.82, 2.24) is 9.99 Å². The molecule has 6 nitrogen and oxygen atoms in total. The summed E-state index contributed by atoms with van der Waals surface area (Å²) in [6.07, 6.45) is 1.63. The zero-order valence-electron chi connectivity index (χ0n) is 16.4. The summed E-state index contributed by atoms with van der Waals surface area (Å²) < 4.78 is 3.16. The molecular formula is C22H21BrN4O2. The highest BCUT2D eigenvalue weighted by atomic mass is 79.9. The van der Waals surface area contributed by atoms with Crippen molar-refractivity contribution in [2.45, 2.75) is 20.8 Å². The van der Waals surface area contributed by atoms with Crippen LogP contribution in [-0.4, -0.2) is 22.6 Å². The van der Waals surface area contributed by atoms with Crippen LogP contribution in [0.4, 0.5) is 5.69 Å². The molecule has 0 saturated carbocycles. The van der Waals surface area contributed by atoms with Crippen LogP contribution in [-0.2, 0) is 4.79 Å². The van der Waals surface area contributed by atoms with Crippen molar-refractivity contribution < 1.29 is 9.59 Å². The van der Waals surface area contributed by atoms with Gasteiger partial charge in [0.15, 0.2) is 0 Å². The molecule has 2 aromatic carbocycles. The fraction of sp³-hybridized carbons (Fsp3) is 0.136. The third-order valence-electron chi connectivity index (χ3n) is 4.37. The number of rotatable bonds is 5. The van der Waals surface area contributed by atoms with Crippen molar-refractivity contribution in [3.63, 3.8) is 0 Å². The topological polar surface area (TPSA) is 75.5 Å². The number of carbonyl (C=O) groups is 2. The highest BCUT2D eigenvalue weighted by molar-refractivity contribution is 9.10. The Labute approximate surface area is 177 Å². The number of hydrazone groups is 1. The minimum absolute atomic E-state index is 0.193. The van der Waals surface area contributed by atoms with E-state index < -0.39 is 0 Å². The average molecular weight is 453 g/mol. The van der Waals surface area contributed by atoms with Gasteiger partial charge in [-0.15, -0.1) is 0 Å². The number of amides is 2. The number of aryl methyl sites for hydroxylation is 1. The van der Waals surface area contributed by atoms with Gasteiger partial charge in [-0.1, -0.05) is 22.0 Å². The Bertz CT molecular complexity index is 1080. The first-order valence-electron chi connectivity index (χ1n) is 9.01. The lowest BCUT2D eigenvalue weighted by Gasteiger charge is -2.09. The molecule has 0 bridgehead atoms. The van der Waals surface area contributed by atoms with E-state index in [1.54, 1.807) is 30.5 Å². The molecule has 2 amide bonds. The summed E-state index contributed by atoms with van der Waals surface area (Å²) in [4.78, 5) is 23.5. The summed E-state index contributed by atoms with van der Waals surface area (Å²) in [5.74, 6) is -0.545. The Hall–Kier alpha value is -3.19. The Morgan fingerprint density at radius 1 is 1.07 bits per heavy atom. The third kappa shape index (κ3) is 5.00. The molecule has 0 aliphatic carbocycles. The van der Waals surface area contributed by atoms with Gasteiger partial charge < -0.3 is 9.88 Å². The van der Waals surface area contributed by atoms with Crippen LogP contribution in [0, 0.1) is 13.8 Å². The minimum Gasteiger partial charge on any atom is -0.326 e. The van der Waals surface area contributed by atoms with Gasteiger partial charge in [0.05, 0.1) is 6.21 Å². The van der Waals surface area contributed by atoms with E-state index in [0.717, 1.165) is 27.1 Å². The van der Waals surface area contributed by atoms with Crippen LogP contribution in [0.3, 0.4) is 0 Å². The lowest BCUT2D eigenvalue weighted by atomic mass is 10.2. The van der Waals surface area contributed by atoms with E-state index in [2.05, 4.69) is 36.3 Å². The maximum Gasteiger partial charge on any atom is 0.271 e. The molecule has 2 N–H and O–H groups in total. The molecule has 1 heterocycles. The molecule has 0 aliphatic heterocycles. The highest BCUT2D eigenvalue weighted by Gasteiger charge is 2.10. The number of halogens is 1. The first kappa shape index (κ1) is 20.5. The van der Waals surface area contributed by atoms with Gasteiger partial charge in [0.2, 0.25) is 5.91 Å². The van der Waals surface area contributed by atoms with Gasteiger partial charge in [-0.05, 0) is 62.4 Å². The smallest absolute Gasteiger partial charge is 0.271 e. The fourth-order valence-corrected chi connectivity index (χ4v) is 3.34. The number of hydrogen-bond acceptors (Lipinski definition) is 3. The Balaban J connectivity index is 1.74. The molecule has 0 spiro atoms. The number of carbonyl (C=O) groups excluding carboxylic acids is 2. The molecule has 7 heteroatoms. The summed E-state index contributed by atoms with van der Waals surface area (Å²) in [5, 5.41) is 6.75. The van der Waals surface area contributed by atoms with Gasteiger partial charge in [-0.2, -0.15) is 5.10 Å². The van der Waals surface area contributed by atoms with Crippen LogP contribution in [0.5, 0.6) is 0 Å². The zero-order valence-corrected chi connectivity index (χ0v) is 17.9.